The maximum atomic E-state index is 10.7. The molecule has 2 rings (SSSR count). The van der Waals surface area contributed by atoms with Gasteiger partial charge in [-0.3, -0.25) is 20.5 Å². The zero-order valence-electron chi connectivity index (χ0n) is 14.0. The summed E-state index contributed by atoms with van der Waals surface area (Å²) >= 11 is 1.62. The number of nitro groups is 1. The number of hydrogen-bond donors (Lipinski definition) is 1. The number of amidine groups is 1. The quantitative estimate of drug-likeness (QED) is 0.409. The lowest BCUT2D eigenvalue weighted by atomic mass is 10.1. The van der Waals surface area contributed by atoms with Gasteiger partial charge in [0.15, 0.2) is 5.17 Å². The average Bonchev–Trinajstić information content (AvgIpc) is 2.61. The van der Waals surface area contributed by atoms with Gasteiger partial charge in [-0.15, -0.1) is 0 Å². The molecule has 1 aliphatic rings. The van der Waals surface area contributed by atoms with Crippen LogP contribution in [0, 0.1) is 10.1 Å². The number of hydrazone groups is 1. The van der Waals surface area contributed by atoms with E-state index in [1.165, 1.54) is 44.2 Å². The predicted molar refractivity (Wildman–Crippen MR) is 101 cm³/mol. The molecule has 1 aromatic carbocycles. The van der Waals surface area contributed by atoms with Crippen LogP contribution in [0.1, 0.15) is 51.0 Å². The summed E-state index contributed by atoms with van der Waals surface area (Å²) in [6.07, 6.45) is 7.57. The first-order valence-electron chi connectivity index (χ1n) is 8.45. The van der Waals surface area contributed by atoms with Crippen LogP contribution in [0.2, 0.25) is 0 Å². The summed E-state index contributed by atoms with van der Waals surface area (Å²) in [4.78, 5) is 14.8. The molecule has 0 atom stereocenters. The highest BCUT2D eigenvalue weighted by Crippen LogP contribution is 2.17. The molecule has 1 aliphatic heterocycles. The molecule has 0 radical (unpaired) electrons. The Bertz CT molecular complexity index is 599. The van der Waals surface area contributed by atoms with Crippen molar-refractivity contribution >= 4 is 28.3 Å². The van der Waals surface area contributed by atoms with Crippen LogP contribution in [-0.4, -0.2) is 28.1 Å². The average molecular weight is 348 g/mol. The molecule has 6 nitrogen and oxygen atoms in total. The van der Waals surface area contributed by atoms with Crippen LogP contribution in [0.4, 0.5) is 5.69 Å². The van der Waals surface area contributed by atoms with Gasteiger partial charge in [0.05, 0.1) is 10.6 Å². The first-order chi connectivity index (χ1) is 11.7. The van der Waals surface area contributed by atoms with Crippen LogP contribution >= 0.6 is 11.8 Å². The Kier molecular flexibility index (Phi) is 7.74. The standard InChI is InChI=1S/C17H24N4O2S/c1-2-3-4-5-6-7-12-18-17-20-19-16(13-24-17)14-8-10-15(11-9-14)21(22)23/h8-11H,2-7,12-13H2,1H3,(H,18,20). The summed E-state index contributed by atoms with van der Waals surface area (Å²) in [6, 6.07) is 6.48. The molecule has 1 N–H and O–H groups in total. The van der Waals surface area contributed by atoms with E-state index in [0.29, 0.717) is 0 Å². The molecule has 0 bridgehead atoms. The summed E-state index contributed by atoms with van der Waals surface area (Å²) < 4.78 is 0. The summed E-state index contributed by atoms with van der Waals surface area (Å²) in [6.45, 7) is 3.06. The molecule has 0 saturated heterocycles. The first kappa shape index (κ1) is 18.4. The van der Waals surface area contributed by atoms with Crippen molar-refractivity contribution in [3.05, 3.63) is 39.9 Å². The molecule has 0 fully saturated rings. The Morgan fingerprint density at radius 2 is 1.92 bits per heavy atom. The van der Waals surface area contributed by atoms with Crippen molar-refractivity contribution in [2.24, 2.45) is 10.1 Å². The molecular formula is C17H24N4O2S. The summed E-state index contributed by atoms with van der Waals surface area (Å²) in [5.41, 5.74) is 4.86. The Labute approximate surface area is 147 Å². The molecule has 0 amide bonds. The van der Waals surface area contributed by atoms with Crippen LogP contribution in [0.5, 0.6) is 0 Å². The number of nitrogens with one attached hydrogen (secondary N) is 1. The molecule has 130 valence electrons. The van der Waals surface area contributed by atoms with Gasteiger partial charge in [-0.05, 0) is 24.1 Å². The van der Waals surface area contributed by atoms with E-state index in [9.17, 15) is 10.1 Å². The topological polar surface area (TPSA) is 79.9 Å². The van der Waals surface area contributed by atoms with Gasteiger partial charge in [-0.1, -0.05) is 50.8 Å². The minimum Gasteiger partial charge on any atom is -0.261 e. The van der Waals surface area contributed by atoms with E-state index in [-0.39, 0.29) is 5.69 Å². The molecule has 0 spiro atoms. The Morgan fingerprint density at radius 3 is 2.54 bits per heavy atom. The highest BCUT2D eigenvalue weighted by atomic mass is 32.2. The highest BCUT2D eigenvalue weighted by Gasteiger charge is 2.14. The van der Waals surface area contributed by atoms with E-state index < -0.39 is 4.92 Å². The smallest absolute Gasteiger partial charge is 0.261 e. The van der Waals surface area contributed by atoms with Crippen molar-refractivity contribution in [2.75, 3.05) is 12.3 Å². The van der Waals surface area contributed by atoms with E-state index in [1.54, 1.807) is 23.9 Å². The van der Waals surface area contributed by atoms with E-state index in [0.717, 1.165) is 35.2 Å². The van der Waals surface area contributed by atoms with Gasteiger partial charge in [0.1, 0.15) is 0 Å². The number of rotatable bonds is 9. The second-order valence-corrected chi connectivity index (χ2v) is 6.68. The Morgan fingerprint density at radius 1 is 1.21 bits per heavy atom. The lowest BCUT2D eigenvalue weighted by Crippen LogP contribution is -2.25. The second-order valence-electron chi connectivity index (χ2n) is 5.72. The number of nitro benzene ring substituents is 1. The van der Waals surface area contributed by atoms with Crippen LogP contribution in [0.25, 0.3) is 0 Å². The van der Waals surface area contributed by atoms with E-state index in [4.69, 9.17) is 0 Å². The normalized spacial score (nSPS) is 15.9. The van der Waals surface area contributed by atoms with E-state index >= 15 is 0 Å². The molecular weight excluding hydrogens is 324 g/mol. The van der Waals surface area contributed by atoms with Crippen molar-refractivity contribution in [2.45, 2.75) is 45.4 Å². The van der Waals surface area contributed by atoms with Gasteiger partial charge < -0.3 is 0 Å². The first-order valence-corrected chi connectivity index (χ1v) is 9.44. The fourth-order valence-corrected chi connectivity index (χ4v) is 3.19. The summed E-state index contributed by atoms with van der Waals surface area (Å²) in [5.74, 6) is 0.722. The van der Waals surface area contributed by atoms with Crippen molar-refractivity contribution in [3.8, 4) is 0 Å². The van der Waals surface area contributed by atoms with Gasteiger partial charge in [0, 0.05) is 24.4 Å². The van der Waals surface area contributed by atoms with Crippen molar-refractivity contribution < 1.29 is 4.92 Å². The highest BCUT2D eigenvalue weighted by molar-refractivity contribution is 8.14. The molecule has 0 aliphatic carbocycles. The lowest BCUT2D eigenvalue weighted by molar-refractivity contribution is -0.384. The molecule has 0 saturated carbocycles. The van der Waals surface area contributed by atoms with Crippen LogP contribution in [-0.2, 0) is 0 Å². The largest absolute Gasteiger partial charge is 0.269 e. The van der Waals surface area contributed by atoms with E-state index in [2.05, 4.69) is 22.4 Å². The number of thioether (sulfide) groups is 1. The molecule has 0 unspecified atom stereocenters. The van der Waals surface area contributed by atoms with Gasteiger partial charge in [0.2, 0.25) is 0 Å². The number of aliphatic imine (C=N–C) groups is 1. The number of nitrogens with zero attached hydrogens (tertiary/aromatic N) is 3. The predicted octanol–water partition coefficient (Wildman–Crippen LogP) is 4.35. The molecule has 1 heterocycles. The maximum absolute atomic E-state index is 10.7. The van der Waals surface area contributed by atoms with Gasteiger partial charge in [0.25, 0.3) is 5.69 Å². The lowest BCUT2D eigenvalue weighted by Gasteiger charge is -2.14. The minimum atomic E-state index is -0.396. The van der Waals surface area contributed by atoms with Crippen molar-refractivity contribution in [1.29, 1.82) is 0 Å². The Balaban J connectivity index is 1.76. The number of non-ortho nitro benzene ring substituents is 1. The molecule has 1 aromatic rings. The van der Waals surface area contributed by atoms with Crippen molar-refractivity contribution in [1.82, 2.24) is 5.43 Å². The third kappa shape index (κ3) is 5.96. The van der Waals surface area contributed by atoms with E-state index in [1.807, 2.05) is 0 Å². The third-order valence-corrected chi connectivity index (χ3v) is 4.72. The maximum Gasteiger partial charge on any atom is 0.269 e. The zero-order valence-corrected chi connectivity index (χ0v) is 14.8. The molecule has 7 heteroatoms. The Hall–Kier alpha value is -1.89. The van der Waals surface area contributed by atoms with Crippen LogP contribution in [0.15, 0.2) is 34.4 Å². The molecule has 24 heavy (non-hydrogen) atoms. The summed E-state index contributed by atoms with van der Waals surface area (Å²) in [5, 5.41) is 15.9. The number of benzene rings is 1. The van der Waals surface area contributed by atoms with Gasteiger partial charge >= 0.3 is 0 Å². The van der Waals surface area contributed by atoms with Gasteiger partial charge in [-0.25, -0.2) is 0 Å². The third-order valence-electron chi connectivity index (χ3n) is 3.81. The van der Waals surface area contributed by atoms with Crippen molar-refractivity contribution in [3.63, 3.8) is 0 Å². The monoisotopic (exact) mass is 348 g/mol. The second kappa shape index (κ2) is 10.1. The number of unbranched alkanes of at least 4 members (excludes halogenated alkanes) is 5. The summed E-state index contributed by atoms with van der Waals surface area (Å²) in [7, 11) is 0. The van der Waals surface area contributed by atoms with Gasteiger partial charge in [-0.2, -0.15) is 5.10 Å². The zero-order chi connectivity index (χ0) is 17.2. The van der Waals surface area contributed by atoms with Crippen LogP contribution < -0.4 is 5.43 Å². The SMILES string of the molecule is CCCCCCCCN=C1NN=C(c2ccc([N+](=O)[O-])cc2)CS1. The fraction of sp³-hybridized carbons (Fsp3) is 0.529. The number of hydrogen-bond acceptors (Lipinski definition) is 5. The fourth-order valence-electron chi connectivity index (χ4n) is 2.39. The van der Waals surface area contributed by atoms with Crippen LogP contribution in [0.3, 0.4) is 0 Å². The molecule has 0 aromatic heterocycles. The minimum absolute atomic E-state index is 0.0944.